The standard InChI is InChI=1S/C10H16N2S2/c1-3-9-8(2)14-10(11-9)12-4-6-13-7-5-12/h3-7H2,1-2H3. The van der Waals surface area contributed by atoms with E-state index >= 15 is 0 Å². The summed E-state index contributed by atoms with van der Waals surface area (Å²) >= 11 is 3.90. The van der Waals surface area contributed by atoms with Gasteiger partial charge in [-0.15, -0.1) is 11.3 Å². The van der Waals surface area contributed by atoms with Crippen LogP contribution in [0.25, 0.3) is 0 Å². The normalized spacial score (nSPS) is 17.4. The van der Waals surface area contributed by atoms with Crippen LogP contribution in [0.15, 0.2) is 0 Å². The molecule has 0 bridgehead atoms. The van der Waals surface area contributed by atoms with Crippen LogP contribution < -0.4 is 4.90 Å². The molecule has 1 aromatic heterocycles. The summed E-state index contributed by atoms with van der Waals surface area (Å²) in [4.78, 5) is 8.50. The molecule has 1 fully saturated rings. The van der Waals surface area contributed by atoms with Gasteiger partial charge in [-0.3, -0.25) is 0 Å². The molecule has 78 valence electrons. The van der Waals surface area contributed by atoms with Crippen molar-refractivity contribution >= 4 is 28.2 Å². The summed E-state index contributed by atoms with van der Waals surface area (Å²) in [5.41, 5.74) is 1.28. The summed E-state index contributed by atoms with van der Waals surface area (Å²) in [5.74, 6) is 2.50. The summed E-state index contributed by atoms with van der Waals surface area (Å²) < 4.78 is 0. The topological polar surface area (TPSA) is 16.1 Å². The van der Waals surface area contributed by atoms with Crippen LogP contribution in [0, 0.1) is 6.92 Å². The molecule has 0 saturated carbocycles. The van der Waals surface area contributed by atoms with E-state index < -0.39 is 0 Å². The van der Waals surface area contributed by atoms with Gasteiger partial charge >= 0.3 is 0 Å². The Morgan fingerprint density at radius 1 is 1.36 bits per heavy atom. The molecule has 0 N–H and O–H groups in total. The van der Waals surface area contributed by atoms with Crippen LogP contribution in [-0.4, -0.2) is 29.6 Å². The first-order valence-electron chi connectivity index (χ1n) is 5.10. The summed E-state index contributed by atoms with van der Waals surface area (Å²) in [6.45, 7) is 6.69. The van der Waals surface area contributed by atoms with Crippen molar-refractivity contribution < 1.29 is 0 Å². The predicted octanol–water partition coefficient (Wildman–Crippen LogP) is 2.57. The molecule has 0 aromatic carbocycles. The highest BCUT2D eigenvalue weighted by atomic mass is 32.2. The quantitative estimate of drug-likeness (QED) is 0.774. The minimum atomic E-state index is 1.06. The third-order valence-electron chi connectivity index (χ3n) is 2.50. The molecular formula is C10H16N2S2. The SMILES string of the molecule is CCc1nc(N2CCSCC2)sc1C. The van der Waals surface area contributed by atoms with Crippen molar-refractivity contribution in [3.63, 3.8) is 0 Å². The lowest BCUT2D eigenvalue weighted by Gasteiger charge is -2.25. The highest BCUT2D eigenvalue weighted by Gasteiger charge is 2.15. The van der Waals surface area contributed by atoms with E-state index in [2.05, 4.69) is 23.7 Å². The van der Waals surface area contributed by atoms with Crippen LogP contribution in [0.3, 0.4) is 0 Å². The lowest BCUT2D eigenvalue weighted by molar-refractivity contribution is 0.846. The first-order chi connectivity index (χ1) is 6.81. The summed E-state index contributed by atoms with van der Waals surface area (Å²) in [7, 11) is 0. The average Bonchev–Trinajstić information content (AvgIpc) is 2.61. The Bertz CT molecular complexity index is 303. The van der Waals surface area contributed by atoms with E-state index in [1.54, 1.807) is 0 Å². The highest BCUT2D eigenvalue weighted by molar-refractivity contribution is 7.99. The van der Waals surface area contributed by atoms with Gasteiger partial charge in [-0.1, -0.05) is 6.92 Å². The Labute approximate surface area is 93.7 Å². The van der Waals surface area contributed by atoms with Gasteiger partial charge in [0, 0.05) is 29.5 Å². The molecule has 0 aliphatic carbocycles. The molecule has 1 aromatic rings. The number of thiazole rings is 1. The van der Waals surface area contributed by atoms with E-state index in [0.717, 1.165) is 6.42 Å². The van der Waals surface area contributed by atoms with Gasteiger partial charge in [0.25, 0.3) is 0 Å². The Hall–Kier alpha value is -0.220. The molecule has 1 aliphatic heterocycles. The Morgan fingerprint density at radius 2 is 2.07 bits per heavy atom. The van der Waals surface area contributed by atoms with Gasteiger partial charge in [0.15, 0.2) is 5.13 Å². The predicted molar refractivity (Wildman–Crippen MR) is 65.8 cm³/mol. The minimum Gasteiger partial charge on any atom is -0.346 e. The molecular weight excluding hydrogens is 212 g/mol. The Kier molecular flexibility index (Phi) is 3.34. The second-order valence-electron chi connectivity index (χ2n) is 3.45. The van der Waals surface area contributed by atoms with E-state index in [0.29, 0.717) is 0 Å². The van der Waals surface area contributed by atoms with Gasteiger partial charge in [0.1, 0.15) is 0 Å². The average molecular weight is 228 g/mol. The largest absolute Gasteiger partial charge is 0.346 e. The lowest BCUT2D eigenvalue weighted by Crippen LogP contribution is -2.32. The third-order valence-corrected chi connectivity index (χ3v) is 4.51. The molecule has 0 spiro atoms. The van der Waals surface area contributed by atoms with Crippen LogP contribution in [0.5, 0.6) is 0 Å². The van der Waals surface area contributed by atoms with Crippen molar-refractivity contribution in [2.45, 2.75) is 20.3 Å². The van der Waals surface area contributed by atoms with Gasteiger partial charge in [0.05, 0.1) is 5.69 Å². The number of hydrogen-bond acceptors (Lipinski definition) is 4. The molecule has 2 nitrogen and oxygen atoms in total. The number of aromatic nitrogens is 1. The van der Waals surface area contributed by atoms with E-state index in [-0.39, 0.29) is 0 Å². The summed E-state index contributed by atoms with van der Waals surface area (Å²) in [5, 5.41) is 1.24. The fourth-order valence-corrected chi connectivity index (χ4v) is 3.58. The van der Waals surface area contributed by atoms with Gasteiger partial charge < -0.3 is 4.90 Å². The molecule has 2 rings (SSSR count). The zero-order valence-corrected chi connectivity index (χ0v) is 10.4. The van der Waals surface area contributed by atoms with Crippen LogP contribution >= 0.6 is 23.1 Å². The molecule has 1 saturated heterocycles. The molecule has 0 unspecified atom stereocenters. The maximum atomic E-state index is 4.69. The monoisotopic (exact) mass is 228 g/mol. The Balaban J connectivity index is 2.14. The molecule has 0 amide bonds. The second kappa shape index (κ2) is 4.53. The van der Waals surface area contributed by atoms with Gasteiger partial charge in [0.2, 0.25) is 0 Å². The fraction of sp³-hybridized carbons (Fsp3) is 0.700. The number of anilines is 1. The first-order valence-corrected chi connectivity index (χ1v) is 7.07. The number of rotatable bonds is 2. The van der Waals surface area contributed by atoms with Gasteiger partial charge in [-0.25, -0.2) is 4.98 Å². The molecule has 1 aliphatic rings. The molecule has 14 heavy (non-hydrogen) atoms. The van der Waals surface area contributed by atoms with Crippen LogP contribution in [0.1, 0.15) is 17.5 Å². The van der Waals surface area contributed by atoms with Crippen LogP contribution in [0.4, 0.5) is 5.13 Å². The Morgan fingerprint density at radius 3 is 2.64 bits per heavy atom. The molecule has 0 atom stereocenters. The van der Waals surface area contributed by atoms with Crippen LogP contribution in [0.2, 0.25) is 0 Å². The molecule has 4 heteroatoms. The van der Waals surface area contributed by atoms with Crippen molar-refractivity contribution in [3.05, 3.63) is 10.6 Å². The maximum Gasteiger partial charge on any atom is 0.185 e. The lowest BCUT2D eigenvalue weighted by atomic mass is 10.3. The van der Waals surface area contributed by atoms with Gasteiger partial charge in [-0.2, -0.15) is 11.8 Å². The van der Waals surface area contributed by atoms with E-state index in [4.69, 9.17) is 0 Å². The number of nitrogens with zero attached hydrogens (tertiary/aromatic N) is 2. The second-order valence-corrected chi connectivity index (χ2v) is 5.86. The van der Waals surface area contributed by atoms with Crippen LogP contribution in [-0.2, 0) is 6.42 Å². The maximum absolute atomic E-state index is 4.69. The number of thioether (sulfide) groups is 1. The zero-order chi connectivity index (χ0) is 9.97. The van der Waals surface area contributed by atoms with Crippen molar-refractivity contribution in [1.29, 1.82) is 0 Å². The smallest absolute Gasteiger partial charge is 0.185 e. The summed E-state index contributed by atoms with van der Waals surface area (Å²) in [6.07, 6.45) is 1.06. The van der Waals surface area contributed by atoms with Gasteiger partial charge in [-0.05, 0) is 13.3 Å². The minimum absolute atomic E-state index is 1.06. The first kappa shape index (κ1) is 10.3. The van der Waals surface area contributed by atoms with Crippen molar-refractivity contribution in [2.24, 2.45) is 0 Å². The highest BCUT2D eigenvalue weighted by Crippen LogP contribution is 2.27. The molecule has 2 heterocycles. The third kappa shape index (κ3) is 2.06. The number of hydrogen-bond donors (Lipinski definition) is 0. The van der Waals surface area contributed by atoms with Crippen molar-refractivity contribution in [1.82, 2.24) is 4.98 Å². The van der Waals surface area contributed by atoms with Crippen molar-refractivity contribution in [2.75, 3.05) is 29.5 Å². The zero-order valence-electron chi connectivity index (χ0n) is 8.75. The molecule has 0 radical (unpaired) electrons. The summed E-state index contributed by atoms with van der Waals surface area (Å²) in [6, 6.07) is 0. The van der Waals surface area contributed by atoms with E-state index in [9.17, 15) is 0 Å². The number of aryl methyl sites for hydroxylation is 2. The van der Waals surface area contributed by atoms with E-state index in [1.165, 1.54) is 40.3 Å². The van der Waals surface area contributed by atoms with E-state index in [1.807, 2.05) is 23.1 Å². The van der Waals surface area contributed by atoms with Crippen molar-refractivity contribution in [3.8, 4) is 0 Å². The fourth-order valence-electron chi connectivity index (χ4n) is 1.63.